The van der Waals surface area contributed by atoms with Crippen molar-refractivity contribution in [2.75, 3.05) is 18.1 Å². The zero-order valence-electron chi connectivity index (χ0n) is 21.3. The molecule has 1 unspecified atom stereocenters. The van der Waals surface area contributed by atoms with E-state index in [-0.39, 0.29) is 53.4 Å². The van der Waals surface area contributed by atoms with Crippen molar-refractivity contribution in [1.29, 1.82) is 0 Å². The predicted octanol–water partition coefficient (Wildman–Crippen LogP) is 4.26. The number of hydrogen-bond donors (Lipinski definition) is 3. The van der Waals surface area contributed by atoms with Crippen LogP contribution in [0.25, 0.3) is 22.4 Å². The molecule has 2 heterocycles. The summed E-state index contributed by atoms with van der Waals surface area (Å²) < 4.78 is 41.8. The minimum absolute atomic E-state index is 0.0394. The summed E-state index contributed by atoms with van der Waals surface area (Å²) in [6, 6.07) is 9.26. The first-order valence-electron chi connectivity index (χ1n) is 11.8. The zero-order chi connectivity index (χ0) is 27.8. The van der Waals surface area contributed by atoms with Crippen molar-refractivity contribution in [3.05, 3.63) is 53.6 Å². The fourth-order valence-corrected chi connectivity index (χ4v) is 3.97. The number of rotatable bonds is 8. The average Bonchev–Trinajstić information content (AvgIpc) is 3.18. The van der Waals surface area contributed by atoms with Crippen LogP contribution in [-0.2, 0) is 11.3 Å². The third kappa shape index (κ3) is 5.15. The second-order valence-electron chi connectivity index (χ2n) is 9.67. The Hall–Kier alpha value is -4.48. The fourth-order valence-electron chi connectivity index (χ4n) is 3.97. The monoisotopic (exact) mass is 526 g/mol. The average molecular weight is 527 g/mol. The molecule has 5 N–H and O–H groups in total. The normalized spacial score (nSPS) is 12.5. The van der Waals surface area contributed by atoms with Crippen LogP contribution in [-0.4, -0.2) is 43.5 Å². The van der Waals surface area contributed by atoms with Gasteiger partial charge in [-0.2, -0.15) is 5.10 Å². The number of carboxylic acids is 1. The smallest absolute Gasteiger partial charge is 0.345 e. The summed E-state index contributed by atoms with van der Waals surface area (Å²) in [5.74, 6) is -3.11. The van der Waals surface area contributed by atoms with Crippen molar-refractivity contribution >= 4 is 28.5 Å². The van der Waals surface area contributed by atoms with Crippen LogP contribution in [0.5, 0.6) is 11.5 Å². The molecule has 0 amide bonds. The Kier molecular flexibility index (Phi) is 7.07. The van der Waals surface area contributed by atoms with Gasteiger partial charge in [-0.25, -0.2) is 23.5 Å². The van der Waals surface area contributed by atoms with Crippen LogP contribution in [0.3, 0.4) is 0 Å². The van der Waals surface area contributed by atoms with Gasteiger partial charge in [-0.1, -0.05) is 39.0 Å². The Morgan fingerprint density at radius 1 is 1.11 bits per heavy atom. The number of nitrogens with two attached hydrogens (primary N) is 2. The number of carbonyl (C=O) groups is 1. The number of nitrogen functional groups attached to an aromatic ring is 2. The lowest BCUT2D eigenvalue weighted by atomic mass is 9.89. The fraction of sp³-hybridized carbons (Fsp3) is 0.308. The quantitative estimate of drug-likeness (QED) is 0.306. The number of aliphatic carboxylic acids is 1. The van der Waals surface area contributed by atoms with E-state index in [9.17, 15) is 18.7 Å². The van der Waals surface area contributed by atoms with E-state index in [1.165, 1.54) is 4.68 Å². The van der Waals surface area contributed by atoms with Crippen molar-refractivity contribution < 1.29 is 28.2 Å². The third-order valence-corrected chi connectivity index (χ3v) is 5.77. The van der Waals surface area contributed by atoms with Crippen LogP contribution in [0.4, 0.5) is 20.4 Å². The molecule has 2 aromatic carbocycles. The van der Waals surface area contributed by atoms with Crippen molar-refractivity contribution in [3.8, 4) is 23.0 Å². The maximum absolute atomic E-state index is 14.8. The molecule has 0 fully saturated rings. The second-order valence-corrected chi connectivity index (χ2v) is 9.67. The van der Waals surface area contributed by atoms with Gasteiger partial charge in [0, 0.05) is 28.5 Å². The lowest BCUT2D eigenvalue weighted by molar-refractivity contribution is -0.150. The van der Waals surface area contributed by atoms with Crippen LogP contribution in [0.15, 0.2) is 36.4 Å². The summed E-state index contributed by atoms with van der Waals surface area (Å²) >= 11 is 0. The van der Waals surface area contributed by atoms with Crippen molar-refractivity contribution in [2.45, 2.75) is 40.3 Å². The highest BCUT2D eigenvalue weighted by molar-refractivity contribution is 5.92. The van der Waals surface area contributed by atoms with Gasteiger partial charge in [-0.15, -0.1) is 0 Å². The van der Waals surface area contributed by atoms with E-state index in [0.717, 1.165) is 12.1 Å². The first kappa shape index (κ1) is 26.6. The topological polar surface area (TPSA) is 151 Å². The third-order valence-electron chi connectivity index (χ3n) is 5.77. The van der Waals surface area contributed by atoms with Crippen molar-refractivity contribution in [2.24, 2.45) is 5.41 Å². The number of hydrogen-bond acceptors (Lipinski definition) is 8. The van der Waals surface area contributed by atoms with Gasteiger partial charge in [-0.05, 0) is 13.0 Å². The molecule has 0 saturated carbocycles. The first-order valence-corrected chi connectivity index (χ1v) is 11.8. The molecule has 0 aliphatic rings. The molecule has 0 spiro atoms. The maximum atomic E-state index is 14.8. The van der Waals surface area contributed by atoms with Crippen molar-refractivity contribution in [3.63, 3.8) is 0 Å². The highest BCUT2D eigenvalue weighted by Gasteiger charge is 2.35. The number of fused-ring (bicyclic) bond motifs is 1. The van der Waals surface area contributed by atoms with Crippen LogP contribution in [0.1, 0.15) is 33.3 Å². The van der Waals surface area contributed by atoms with E-state index >= 15 is 0 Å². The van der Waals surface area contributed by atoms with Gasteiger partial charge in [0.25, 0.3) is 0 Å². The van der Waals surface area contributed by atoms with Gasteiger partial charge in [0.05, 0.1) is 18.7 Å². The number of benzene rings is 2. The van der Waals surface area contributed by atoms with Crippen LogP contribution in [0.2, 0.25) is 0 Å². The Balaban J connectivity index is 1.76. The summed E-state index contributed by atoms with van der Waals surface area (Å²) in [7, 11) is 0. The molecule has 0 saturated heterocycles. The van der Waals surface area contributed by atoms with E-state index in [1.54, 1.807) is 52.0 Å². The zero-order valence-corrected chi connectivity index (χ0v) is 21.3. The van der Waals surface area contributed by atoms with Gasteiger partial charge in [0.2, 0.25) is 11.9 Å². The van der Waals surface area contributed by atoms with Gasteiger partial charge in [0.15, 0.2) is 17.5 Å². The molecule has 1 atom stereocenters. The summed E-state index contributed by atoms with van der Waals surface area (Å²) in [6.45, 7) is 6.86. The number of nitrogens with zero attached hydrogens (tertiary/aromatic N) is 4. The van der Waals surface area contributed by atoms with Gasteiger partial charge < -0.3 is 26.0 Å². The number of para-hydroxylation sites is 1. The maximum Gasteiger partial charge on any atom is 0.345 e. The van der Waals surface area contributed by atoms with Gasteiger partial charge in [0.1, 0.15) is 23.1 Å². The lowest BCUT2D eigenvalue weighted by Crippen LogP contribution is -2.39. The van der Waals surface area contributed by atoms with Crippen LogP contribution >= 0.6 is 0 Å². The highest BCUT2D eigenvalue weighted by atomic mass is 19.1. The van der Waals surface area contributed by atoms with E-state index in [1.807, 2.05) is 0 Å². The number of ether oxygens (including phenoxy) is 2. The molecule has 0 aliphatic heterocycles. The molecule has 2 aromatic heterocycles. The number of anilines is 2. The summed E-state index contributed by atoms with van der Waals surface area (Å²) in [5.41, 5.74) is 12.1. The van der Waals surface area contributed by atoms with Gasteiger partial charge in [-0.3, -0.25) is 4.68 Å². The minimum Gasteiger partial charge on any atom is -0.494 e. The molecule has 0 aliphatic carbocycles. The number of aromatic nitrogens is 4. The summed E-state index contributed by atoms with van der Waals surface area (Å²) in [6.07, 6.45) is -1.26. The Bertz CT molecular complexity index is 1470. The van der Waals surface area contributed by atoms with E-state index < -0.39 is 29.1 Å². The lowest BCUT2D eigenvalue weighted by Gasteiger charge is -2.28. The van der Waals surface area contributed by atoms with Crippen LogP contribution in [0, 0.1) is 17.0 Å². The molecule has 4 rings (SSSR count). The Morgan fingerprint density at radius 3 is 2.26 bits per heavy atom. The molecule has 0 bridgehead atoms. The first-order chi connectivity index (χ1) is 17.9. The Labute approximate surface area is 217 Å². The number of halogens is 2. The van der Waals surface area contributed by atoms with Crippen LogP contribution < -0.4 is 20.9 Å². The molecule has 4 aromatic rings. The second kappa shape index (κ2) is 10.1. The summed E-state index contributed by atoms with van der Waals surface area (Å²) in [5, 5.41) is 14.7. The SMILES string of the molecule is CCOc1cc(F)c(Cn2nc(-c3nc(N)c(OC(C(=O)O)C(C)(C)C)c(N)n3)c3ccccc32)c(F)c1. The Morgan fingerprint density at radius 2 is 1.71 bits per heavy atom. The highest BCUT2D eigenvalue weighted by Crippen LogP contribution is 2.35. The van der Waals surface area contributed by atoms with E-state index in [2.05, 4.69) is 15.1 Å². The molecule has 0 radical (unpaired) electrons. The minimum atomic E-state index is -1.26. The molecule has 12 heteroatoms. The van der Waals surface area contributed by atoms with E-state index in [4.69, 9.17) is 20.9 Å². The molecule has 200 valence electrons. The molecular weight excluding hydrogens is 498 g/mol. The van der Waals surface area contributed by atoms with E-state index in [0.29, 0.717) is 10.9 Å². The summed E-state index contributed by atoms with van der Waals surface area (Å²) in [4.78, 5) is 20.3. The number of carboxylic acid groups (broad SMARTS) is 1. The predicted molar refractivity (Wildman–Crippen MR) is 138 cm³/mol. The molecular formula is C26H28F2N6O4. The molecule has 38 heavy (non-hydrogen) atoms. The molecule has 10 nitrogen and oxygen atoms in total. The largest absolute Gasteiger partial charge is 0.494 e. The van der Waals surface area contributed by atoms with Gasteiger partial charge >= 0.3 is 5.97 Å². The standard InChI is InChI=1S/C26H28F2N6O4/c1-5-37-13-10-16(27)15(17(28)11-13)12-34-18-9-7-6-8-14(18)19(33-34)24-31-22(29)20(23(30)32-24)38-21(25(35)36)26(2,3)4/h6-11,21H,5,12H2,1-4H3,(H,35,36)(H4,29,30,31,32). The van der Waals surface area contributed by atoms with Crippen molar-refractivity contribution in [1.82, 2.24) is 19.7 Å².